The van der Waals surface area contributed by atoms with Crippen LogP contribution in [0.3, 0.4) is 0 Å². The number of carboxylic acids is 1. The Balaban J connectivity index is 1.35. The molecule has 1 saturated heterocycles. The molecule has 2 aliphatic carbocycles. The summed E-state index contributed by atoms with van der Waals surface area (Å²) < 4.78 is 0. The highest BCUT2D eigenvalue weighted by Crippen LogP contribution is 2.44. The summed E-state index contributed by atoms with van der Waals surface area (Å²) in [5, 5.41) is 14.0. The van der Waals surface area contributed by atoms with Gasteiger partial charge in [0.1, 0.15) is 5.82 Å². The molecule has 2 aromatic rings. The molecular formula is C23H31N5O2S. The fraction of sp³-hybridized carbons (Fsp3) is 0.652. The van der Waals surface area contributed by atoms with E-state index in [1.54, 1.807) is 11.3 Å². The predicted molar refractivity (Wildman–Crippen MR) is 122 cm³/mol. The molecule has 0 spiro atoms. The molecular weight excluding hydrogens is 410 g/mol. The molecule has 2 unspecified atom stereocenters. The maximum Gasteiger partial charge on any atom is 0.308 e. The van der Waals surface area contributed by atoms with E-state index in [2.05, 4.69) is 20.2 Å². The standard InChI is InChI=1S/C23H31N5O2S/c1-14-9-20(27-23-24-11-19(31-23)16-7-8-16)26-22(25-14)28-12-17(10-18(13-28)21(29)30)15-5-3-2-4-6-15/h9,11,15-18H,2-8,10,12-13H2,1H3,(H,29,30)(H,24,25,26,27). The van der Waals surface area contributed by atoms with Gasteiger partial charge in [-0.15, -0.1) is 11.3 Å². The van der Waals surface area contributed by atoms with Crippen LogP contribution in [-0.2, 0) is 4.79 Å². The second kappa shape index (κ2) is 8.73. The molecule has 1 aliphatic heterocycles. The predicted octanol–water partition coefficient (Wildman–Crippen LogP) is 4.97. The number of hydrogen-bond donors (Lipinski definition) is 2. The molecule has 7 nitrogen and oxygen atoms in total. The third kappa shape index (κ3) is 4.84. The number of carboxylic acid groups (broad SMARTS) is 1. The Bertz CT molecular complexity index is 938. The molecule has 8 heteroatoms. The molecule has 0 aromatic carbocycles. The molecule has 2 N–H and O–H groups in total. The van der Waals surface area contributed by atoms with E-state index in [4.69, 9.17) is 4.98 Å². The highest BCUT2D eigenvalue weighted by Gasteiger charge is 2.37. The molecule has 3 heterocycles. The minimum Gasteiger partial charge on any atom is -0.481 e. The summed E-state index contributed by atoms with van der Waals surface area (Å²) in [5.41, 5.74) is 0.873. The number of piperidine rings is 1. The van der Waals surface area contributed by atoms with Crippen LogP contribution < -0.4 is 10.2 Å². The summed E-state index contributed by atoms with van der Waals surface area (Å²) in [6.07, 6.45) is 11.6. The Kier molecular flexibility index (Phi) is 5.82. The van der Waals surface area contributed by atoms with Gasteiger partial charge in [-0.1, -0.05) is 32.1 Å². The van der Waals surface area contributed by atoms with Gasteiger partial charge in [-0.2, -0.15) is 4.98 Å². The summed E-state index contributed by atoms with van der Waals surface area (Å²) in [6, 6.07) is 1.93. The first-order valence-corrected chi connectivity index (χ1v) is 12.4. The van der Waals surface area contributed by atoms with Crippen LogP contribution in [0.4, 0.5) is 16.9 Å². The molecule has 3 aliphatic rings. The van der Waals surface area contributed by atoms with Gasteiger partial charge in [0, 0.05) is 35.9 Å². The minimum atomic E-state index is -0.702. The van der Waals surface area contributed by atoms with Gasteiger partial charge < -0.3 is 15.3 Å². The van der Waals surface area contributed by atoms with Crippen LogP contribution in [0.25, 0.3) is 0 Å². The average molecular weight is 442 g/mol. The van der Waals surface area contributed by atoms with Crippen LogP contribution in [0.5, 0.6) is 0 Å². The van der Waals surface area contributed by atoms with Crippen LogP contribution in [0.2, 0.25) is 0 Å². The van der Waals surface area contributed by atoms with Gasteiger partial charge in [0.15, 0.2) is 5.13 Å². The smallest absolute Gasteiger partial charge is 0.308 e. The van der Waals surface area contributed by atoms with Gasteiger partial charge in [-0.25, -0.2) is 9.97 Å². The largest absolute Gasteiger partial charge is 0.481 e. The van der Waals surface area contributed by atoms with E-state index in [1.165, 1.54) is 49.8 Å². The molecule has 5 rings (SSSR count). The molecule has 2 atom stereocenters. The Labute approximate surface area is 187 Å². The van der Waals surface area contributed by atoms with Gasteiger partial charge in [-0.3, -0.25) is 4.79 Å². The van der Waals surface area contributed by atoms with Crippen molar-refractivity contribution in [3.05, 3.63) is 22.8 Å². The molecule has 31 heavy (non-hydrogen) atoms. The topological polar surface area (TPSA) is 91.2 Å². The van der Waals surface area contributed by atoms with Crippen LogP contribution >= 0.6 is 11.3 Å². The lowest BCUT2D eigenvalue weighted by Crippen LogP contribution is -2.46. The van der Waals surface area contributed by atoms with E-state index in [-0.39, 0.29) is 5.92 Å². The number of aromatic nitrogens is 3. The molecule has 0 amide bonds. The fourth-order valence-corrected chi connectivity index (χ4v) is 6.19. The van der Waals surface area contributed by atoms with Gasteiger partial charge in [0.2, 0.25) is 5.95 Å². The number of anilines is 3. The van der Waals surface area contributed by atoms with Crippen molar-refractivity contribution in [1.29, 1.82) is 0 Å². The van der Waals surface area contributed by atoms with E-state index in [0.717, 1.165) is 29.6 Å². The zero-order valence-corrected chi connectivity index (χ0v) is 18.9. The summed E-state index contributed by atoms with van der Waals surface area (Å²) in [5.74, 6) is 2.01. The molecule has 2 aromatic heterocycles. The zero-order chi connectivity index (χ0) is 21.4. The van der Waals surface area contributed by atoms with Crippen molar-refractivity contribution in [2.45, 2.75) is 64.2 Å². The molecule has 0 radical (unpaired) electrons. The summed E-state index contributed by atoms with van der Waals surface area (Å²) >= 11 is 1.70. The van der Waals surface area contributed by atoms with Crippen molar-refractivity contribution in [3.8, 4) is 0 Å². The molecule has 0 bridgehead atoms. The maximum atomic E-state index is 11.9. The second-order valence-corrected chi connectivity index (χ2v) is 10.6. The highest BCUT2D eigenvalue weighted by molar-refractivity contribution is 7.15. The maximum absolute atomic E-state index is 11.9. The number of nitrogens with one attached hydrogen (secondary N) is 1. The lowest BCUT2D eigenvalue weighted by atomic mass is 9.74. The van der Waals surface area contributed by atoms with Gasteiger partial charge in [-0.05, 0) is 43.9 Å². The summed E-state index contributed by atoms with van der Waals surface area (Å²) in [6.45, 7) is 3.29. The first-order chi connectivity index (χ1) is 15.0. The Hall–Kier alpha value is -2.22. The van der Waals surface area contributed by atoms with Gasteiger partial charge >= 0.3 is 5.97 Å². The Morgan fingerprint density at radius 2 is 1.94 bits per heavy atom. The number of hydrogen-bond acceptors (Lipinski definition) is 7. The molecule has 3 fully saturated rings. The first kappa shape index (κ1) is 20.7. The van der Waals surface area contributed by atoms with E-state index >= 15 is 0 Å². The van der Waals surface area contributed by atoms with Crippen molar-refractivity contribution >= 4 is 34.2 Å². The first-order valence-electron chi connectivity index (χ1n) is 11.6. The van der Waals surface area contributed by atoms with E-state index in [1.807, 2.05) is 19.2 Å². The number of aryl methyl sites for hydroxylation is 1. The minimum absolute atomic E-state index is 0.360. The average Bonchev–Trinajstić information content (AvgIpc) is 3.53. The number of carbonyl (C=O) groups is 1. The van der Waals surface area contributed by atoms with Crippen LogP contribution in [0.1, 0.15) is 67.9 Å². The van der Waals surface area contributed by atoms with Crippen molar-refractivity contribution in [1.82, 2.24) is 15.0 Å². The monoisotopic (exact) mass is 441 g/mol. The van der Waals surface area contributed by atoms with Gasteiger partial charge in [0.05, 0.1) is 5.92 Å². The summed E-state index contributed by atoms with van der Waals surface area (Å²) in [4.78, 5) is 29.3. The number of rotatable bonds is 6. The lowest BCUT2D eigenvalue weighted by Gasteiger charge is -2.41. The number of aliphatic carboxylic acids is 1. The van der Waals surface area contributed by atoms with Crippen molar-refractivity contribution in [2.75, 3.05) is 23.3 Å². The van der Waals surface area contributed by atoms with Crippen LogP contribution in [-0.4, -0.2) is 39.1 Å². The third-order valence-corrected chi connectivity index (χ3v) is 8.09. The van der Waals surface area contributed by atoms with E-state index in [9.17, 15) is 9.90 Å². The van der Waals surface area contributed by atoms with E-state index < -0.39 is 5.97 Å². The SMILES string of the molecule is Cc1cc(Nc2ncc(C3CC3)s2)nc(N2CC(C(=O)O)CC(C3CCCCC3)C2)n1. The third-order valence-electron chi connectivity index (χ3n) is 7.01. The number of nitrogens with zero attached hydrogens (tertiary/aromatic N) is 4. The lowest BCUT2D eigenvalue weighted by molar-refractivity contribution is -0.142. The fourth-order valence-electron chi connectivity index (χ4n) is 5.20. The molecule has 166 valence electrons. The number of thiazole rings is 1. The quantitative estimate of drug-likeness (QED) is 0.654. The van der Waals surface area contributed by atoms with Crippen molar-refractivity contribution in [2.24, 2.45) is 17.8 Å². The normalized spacial score (nSPS) is 24.9. The second-order valence-electron chi connectivity index (χ2n) is 9.50. The Morgan fingerprint density at radius 1 is 1.13 bits per heavy atom. The van der Waals surface area contributed by atoms with Crippen molar-refractivity contribution in [3.63, 3.8) is 0 Å². The van der Waals surface area contributed by atoms with Gasteiger partial charge in [0.25, 0.3) is 0 Å². The van der Waals surface area contributed by atoms with Crippen LogP contribution in [0, 0.1) is 24.7 Å². The Morgan fingerprint density at radius 3 is 2.68 bits per heavy atom. The zero-order valence-electron chi connectivity index (χ0n) is 18.1. The van der Waals surface area contributed by atoms with Crippen molar-refractivity contribution < 1.29 is 9.90 Å². The van der Waals surface area contributed by atoms with Crippen LogP contribution in [0.15, 0.2) is 12.3 Å². The highest BCUT2D eigenvalue weighted by atomic mass is 32.1. The summed E-state index contributed by atoms with van der Waals surface area (Å²) in [7, 11) is 0. The molecule has 2 saturated carbocycles. The van der Waals surface area contributed by atoms with E-state index in [0.29, 0.717) is 30.2 Å².